The van der Waals surface area contributed by atoms with Crippen LogP contribution < -0.4 is 4.90 Å². The van der Waals surface area contributed by atoms with Crippen molar-refractivity contribution in [3.63, 3.8) is 0 Å². The first kappa shape index (κ1) is 21.3. The van der Waals surface area contributed by atoms with Gasteiger partial charge in [0.25, 0.3) is 5.91 Å². The van der Waals surface area contributed by atoms with Crippen LogP contribution in [0.2, 0.25) is 0 Å². The third-order valence-electron chi connectivity index (χ3n) is 7.13. The predicted octanol–water partition coefficient (Wildman–Crippen LogP) is 4.23. The predicted molar refractivity (Wildman–Crippen MR) is 118 cm³/mol. The number of amides is 3. The van der Waals surface area contributed by atoms with E-state index < -0.39 is 6.04 Å². The molecule has 1 aromatic rings. The fourth-order valence-corrected chi connectivity index (χ4v) is 4.89. The Morgan fingerprint density at radius 2 is 1.71 bits per heavy atom. The van der Waals surface area contributed by atoms with Gasteiger partial charge in [-0.05, 0) is 71.0 Å². The van der Waals surface area contributed by atoms with Crippen LogP contribution in [-0.4, -0.2) is 34.7 Å². The highest BCUT2D eigenvalue weighted by Gasteiger charge is 2.69. The number of anilines is 1. The average Bonchev–Trinajstić information content (AvgIpc) is 2.85. The lowest BCUT2D eigenvalue weighted by Gasteiger charge is -2.33. The molecule has 0 N–H and O–H groups in total. The largest absolute Gasteiger partial charge is 0.327 e. The van der Waals surface area contributed by atoms with Crippen molar-refractivity contribution in [2.75, 3.05) is 4.90 Å². The molecule has 0 radical (unpaired) electrons. The first-order valence-corrected chi connectivity index (χ1v) is 11.0. The van der Waals surface area contributed by atoms with Gasteiger partial charge in [-0.1, -0.05) is 34.6 Å². The quantitative estimate of drug-likeness (QED) is 0.453. The number of carbonyl (C=O) groups excluding carboxylic acids is 3. The lowest BCUT2D eigenvalue weighted by Crippen LogP contribution is -2.51. The molecule has 1 heterocycles. The first-order chi connectivity index (χ1) is 12.9. The van der Waals surface area contributed by atoms with Crippen LogP contribution in [0.1, 0.15) is 54.4 Å². The third kappa shape index (κ3) is 3.17. The Morgan fingerprint density at radius 1 is 1.18 bits per heavy atom. The molecule has 0 aromatic heterocycles. The van der Waals surface area contributed by atoms with E-state index in [4.69, 9.17) is 0 Å². The topological polar surface area (TPSA) is 57.7 Å². The smallest absolute Gasteiger partial charge is 0.257 e. The lowest BCUT2D eigenvalue weighted by atomic mass is 10.0. The summed E-state index contributed by atoms with van der Waals surface area (Å²) in [7, 11) is 0. The van der Waals surface area contributed by atoms with Crippen molar-refractivity contribution in [3.05, 3.63) is 27.8 Å². The number of hydrogen-bond acceptors (Lipinski definition) is 3. The summed E-state index contributed by atoms with van der Waals surface area (Å²) in [5, 5.41) is 0. The number of nitrogens with zero attached hydrogens (tertiary/aromatic N) is 2. The van der Waals surface area contributed by atoms with Crippen molar-refractivity contribution in [1.82, 2.24) is 4.90 Å². The number of imide groups is 1. The highest BCUT2D eigenvalue weighted by Crippen LogP contribution is 2.69. The number of carbonyl (C=O) groups is 3. The fraction of sp³-hybridized carbons (Fsp3) is 0.591. The molecule has 6 heteroatoms. The van der Waals surface area contributed by atoms with Crippen LogP contribution in [-0.2, 0) is 14.4 Å². The molecule has 2 aliphatic rings. The summed E-state index contributed by atoms with van der Waals surface area (Å²) in [6.07, 6.45) is 0.787. The van der Waals surface area contributed by atoms with Gasteiger partial charge in [0.2, 0.25) is 11.8 Å². The molecule has 1 aliphatic carbocycles. The van der Waals surface area contributed by atoms with E-state index >= 15 is 0 Å². The maximum absolute atomic E-state index is 13.5. The highest BCUT2D eigenvalue weighted by atomic mass is 127. The maximum atomic E-state index is 13.5. The molecule has 2 atom stereocenters. The molecule has 0 bridgehead atoms. The number of rotatable bonds is 5. The third-order valence-corrected chi connectivity index (χ3v) is 7.85. The molecule has 1 aromatic carbocycles. The molecule has 1 saturated heterocycles. The van der Waals surface area contributed by atoms with Gasteiger partial charge in [0.15, 0.2) is 0 Å². The van der Waals surface area contributed by atoms with Gasteiger partial charge in [-0.15, -0.1) is 0 Å². The zero-order valence-electron chi connectivity index (χ0n) is 17.5. The van der Waals surface area contributed by atoms with Gasteiger partial charge in [-0.25, -0.2) is 4.90 Å². The summed E-state index contributed by atoms with van der Waals surface area (Å²) in [6.45, 7) is 12.4. The second kappa shape index (κ2) is 7.11. The van der Waals surface area contributed by atoms with Gasteiger partial charge in [0.1, 0.15) is 6.04 Å². The number of halogens is 1. The van der Waals surface area contributed by atoms with E-state index in [0.717, 1.165) is 9.99 Å². The zero-order chi connectivity index (χ0) is 21.0. The Hall–Kier alpha value is -1.44. The Bertz CT molecular complexity index is 802. The minimum Gasteiger partial charge on any atom is -0.327 e. The zero-order valence-corrected chi connectivity index (χ0v) is 19.6. The molecule has 5 nitrogen and oxygen atoms in total. The lowest BCUT2D eigenvalue weighted by molar-refractivity contribution is -0.143. The second-order valence-electron chi connectivity index (χ2n) is 9.14. The highest BCUT2D eigenvalue weighted by molar-refractivity contribution is 14.1. The SMILES string of the molecule is CCC(C)N(C(=O)C1C(C)(C)C1(C)C)C1CC(=O)N(c2ccc(I)cc2)C1=O. The van der Waals surface area contributed by atoms with Crippen LogP contribution in [0, 0.1) is 20.3 Å². The van der Waals surface area contributed by atoms with Crippen LogP contribution in [0.25, 0.3) is 0 Å². The molecule has 0 spiro atoms. The van der Waals surface area contributed by atoms with Gasteiger partial charge < -0.3 is 4.90 Å². The molecule has 2 unspecified atom stereocenters. The molecular formula is C22H29IN2O3. The van der Waals surface area contributed by atoms with Crippen molar-refractivity contribution in [1.29, 1.82) is 0 Å². The fourth-order valence-electron chi connectivity index (χ4n) is 4.53. The van der Waals surface area contributed by atoms with Gasteiger partial charge >= 0.3 is 0 Å². The van der Waals surface area contributed by atoms with E-state index in [1.54, 1.807) is 17.0 Å². The molecule has 28 heavy (non-hydrogen) atoms. The van der Waals surface area contributed by atoms with Gasteiger partial charge in [0.05, 0.1) is 12.1 Å². The number of hydrogen-bond donors (Lipinski definition) is 0. The standard InChI is InChI=1S/C22H29IN2O3/c1-7-13(2)24(20(28)18-21(3,4)22(18,5)6)16-12-17(26)25(19(16)27)15-10-8-14(23)9-11-15/h8-11,13,16,18H,7,12H2,1-6H3. The van der Waals surface area contributed by atoms with Crippen molar-refractivity contribution >= 4 is 46.0 Å². The van der Waals surface area contributed by atoms with E-state index in [1.807, 2.05) is 26.0 Å². The Morgan fingerprint density at radius 3 is 2.18 bits per heavy atom. The summed E-state index contributed by atoms with van der Waals surface area (Å²) in [4.78, 5) is 42.4. The summed E-state index contributed by atoms with van der Waals surface area (Å²) < 4.78 is 1.03. The summed E-state index contributed by atoms with van der Waals surface area (Å²) in [5.41, 5.74) is 0.343. The van der Waals surface area contributed by atoms with Crippen LogP contribution >= 0.6 is 22.6 Å². The van der Waals surface area contributed by atoms with E-state index in [9.17, 15) is 14.4 Å². The van der Waals surface area contributed by atoms with Gasteiger partial charge in [0, 0.05) is 15.5 Å². The maximum Gasteiger partial charge on any atom is 0.257 e. The molecular weight excluding hydrogens is 467 g/mol. The van der Waals surface area contributed by atoms with Crippen LogP contribution in [0.3, 0.4) is 0 Å². The monoisotopic (exact) mass is 496 g/mol. The van der Waals surface area contributed by atoms with Gasteiger partial charge in [-0.2, -0.15) is 0 Å². The Kier molecular flexibility index (Phi) is 5.40. The summed E-state index contributed by atoms with van der Waals surface area (Å²) >= 11 is 2.19. The Balaban J connectivity index is 1.92. The van der Waals surface area contributed by atoms with Crippen LogP contribution in [0.5, 0.6) is 0 Å². The molecule has 1 aliphatic heterocycles. The number of benzene rings is 1. The molecule has 152 valence electrons. The van der Waals surface area contributed by atoms with Crippen molar-refractivity contribution < 1.29 is 14.4 Å². The molecule has 1 saturated carbocycles. The summed E-state index contributed by atoms with van der Waals surface area (Å²) in [5.74, 6) is -0.674. The average molecular weight is 496 g/mol. The van der Waals surface area contributed by atoms with E-state index in [1.165, 1.54) is 4.90 Å². The van der Waals surface area contributed by atoms with Crippen LogP contribution in [0.4, 0.5) is 5.69 Å². The van der Waals surface area contributed by atoms with Crippen molar-refractivity contribution in [2.24, 2.45) is 16.7 Å². The molecule has 3 amide bonds. The minimum absolute atomic E-state index is 0.0000369. The van der Waals surface area contributed by atoms with E-state index in [2.05, 4.69) is 50.3 Å². The van der Waals surface area contributed by atoms with Crippen molar-refractivity contribution in [3.8, 4) is 0 Å². The van der Waals surface area contributed by atoms with E-state index in [0.29, 0.717) is 5.69 Å². The normalized spacial score (nSPS) is 24.4. The molecule has 3 rings (SSSR count). The van der Waals surface area contributed by atoms with Crippen LogP contribution in [0.15, 0.2) is 24.3 Å². The minimum atomic E-state index is -0.721. The Labute approximate surface area is 181 Å². The molecule has 2 fully saturated rings. The van der Waals surface area contributed by atoms with Gasteiger partial charge in [-0.3, -0.25) is 14.4 Å². The van der Waals surface area contributed by atoms with Crippen molar-refractivity contribution in [2.45, 2.75) is 66.5 Å². The van der Waals surface area contributed by atoms with E-state index in [-0.39, 0.29) is 46.9 Å². The summed E-state index contributed by atoms with van der Waals surface area (Å²) in [6, 6.07) is 6.48. The first-order valence-electron chi connectivity index (χ1n) is 9.89. The second-order valence-corrected chi connectivity index (χ2v) is 10.4.